The Morgan fingerprint density at radius 2 is 2.47 bits per heavy atom. The zero-order chi connectivity index (χ0) is 13.8. The van der Waals surface area contributed by atoms with Crippen molar-refractivity contribution < 1.29 is 14.3 Å². The molecular formula is C13H19N3O3. The number of aromatic nitrogens is 1. The predicted molar refractivity (Wildman–Crippen MR) is 72.2 cm³/mol. The van der Waals surface area contributed by atoms with Crippen LogP contribution >= 0.6 is 0 Å². The lowest BCUT2D eigenvalue weighted by atomic mass is 10.1. The van der Waals surface area contributed by atoms with Gasteiger partial charge in [0, 0.05) is 13.1 Å². The molecule has 1 aliphatic rings. The summed E-state index contributed by atoms with van der Waals surface area (Å²) in [6.45, 7) is 4.19. The molecular weight excluding hydrogens is 246 g/mol. The third-order valence-corrected chi connectivity index (χ3v) is 3.24. The molecule has 1 aliphatic heterocycles. The molecule has 0 amide bonds. The van der Waals surface area contributed by atoms with Crippen molar-refractivity contribution in [2.45, 2.75) is 19.4 Å². The number of nitrogens with two attached hydrogens (primary N) is 1. The van der Waals surface area contributed by atoms with Gasteiger partial charge in [0.05, 0.1) is 37.3 Å². The minimum atomic E-state index is -0.399. The maximum atomic E-state index is 11.8. The third kappa shape index (κ3) is 2.96. The van der Waals surface area contributed by atoms with Gasteiger partial charge in [-0.25, -0.2) is 9.78 Å². The van der Waals surface area contributed by atoms with Crippen LogP contribution in [0.4, 0.5) is 11.5 Å². The third-order valence-electron chi connectivity index (χ3n) is 3.24. The summed E-state index contributed by atoms with van der Waals surface area (Å²) in [5.41, 5.74) is 6.84. The van der Waals surface area contributed by atoms with Gasteiger partial charge in [-0.1, -0.05) is 6.92 Å². The molecule has 0 spiro atoms. The van der Waals surface area contributed by atoms with Crippen LogP contribution in [0, 0.1) is 0 Å². The molecule has 1 saturated heterocycles. The van der Waals surface area contributed by atoms with Crippen LogP contribution in [0.25, 0.3) is 0 Å². The average Bonchev–Trinajstić information content (AvgIpc) is 2.46. The van der Waals surface area contributed by atoms with E-state index in [2.05, 4.69) is 16.8 Å². The van der Waals surface area contributed by atoms with Crippen molar-refractivity contribution in [2.24, 2.45) is 0 Å². The molecule has 2 heterocycles. The summed E-state index contributed by atoms with van der Waals surface area (Å²) in [7, 11) is 1.36. The van der Waals surface area contributed by atoms with Gasteiger partial charge >= 0.3 is 5.97 Å². The van der Waals surface area contributed by atoms with Crippen molar-refractivity contribution >= 4 is 17.5 Å². The monoisotopic (exact) mass is 265 g/mol. The SMILES string of the molecule is CCC1CN(c2cnc(N)cc2C(=O)OC)CCO1. The first-order valence-electron chi connectivity index (χ1n) is 6.36. The van der Waals surface area contributed by atoms with Gasteiger partial charge in [-0.3, -0.25) is 0 Å². The predicted octanol–water partition coefficient (Wildman–Crippen LogP) is 1.07. The number of ether oxygens (including phenoxy) is 2. The van der Waals surface area contributed by atoms with Crippen molar-refractivity contribution in [2.75, 3.05) is 37.4 Å². The summed E-state index contributed by atoms with van der Waals surface area (Å²) < 4.78 is 10.4. The molecule has 1 atom stereocenters. The number of carbonyl (C=O) groups excluding carboxylic acids is 1. The Hall–Kier alpha value is -1.82. The molecule has 1 aromatic heterocycles. The molecule has 0 saturated carbocycles. The van der Waals surface area contributed by atoms with Crippen molar-refractivity contribution in [1.82, 2.24) is 4.98 Å². The van der Waals surface area contributed by atoms with E-state index in [-0.39, 0.29) is 6.10 Å². The highest BCUT2D eigenvalue weighted by Crippen LogP contribution is 2.24. The van der Waals surface area contributed by atoms with Gasteiger partial charge < -0.3 is 20.1 Å². The number of nitrogens with zero attached hydrogens (tertiary/aromatic N) is 2. The highest BCUT2D eigenvalue weighted by atomic mass is 16.5. The Labute approximate surface area is 112 Å². The summed E-state index contributed by atoms with van der Waals surface area (Å²) in [5.74, 6) is -0.0897. The first kappa shape index (κ1) is 13.6. The van der Waals surface area contributed by atoms with E-state index >= 15 is 0 Å². The summed E-state index contributed by atoms with van der Waals surface area (Å²) in [5, 5.41) is 0. The van der Waals surface area contributed by atoms with Crippen molar-refractivity contribution in [3.63, 3.8) is 0 Å². The van der Waals surface area contributed by atoms with Crippen molar-refractivity contribution in [3.8, 4) is 0 Å². The lowest BCUT2D eigenvalue weighted by molar-refractivity contribution is 0.0381. The Bertz CT molecular complexity index is 464. The van der Waals surface area contributed by atoms with Gasteiger partial charge in [-0.15, -0.1) is 0 Å². The van der Waals surface area contributed by atoms with Gasteiger partial charge in [0.2, 0.25) is 0 Å². The minimum Gasteiger partial charge on any atom is -0.465 e. The number of pyridine rings is 1. The molecule has 1 fully saturated rings. The van der Waals surface area contributed by atoms with E-state index < -0.39 is 5.97 Å². The maximum absolute atomic E-state index is 11.8. The van der Waals surface area contributed by atoms with Crippen LogP contribution in [0.2, 0.25) is 0 Å². The molecule has 0 bridgehead atoms. The summed E-state index contributed by atoms with van der Waals surface area (Å²) in [6.07, 6.45) is 2.74. The van der Waals surface area contributed by atoms with Gasteiger partial charge in [0.25, 0.3) is 0 Å². The number of morpholine rings is 1. The van der Waals surface area contributed by atoms with Crippen LogP contribution in [0.15, 0.2) is 12.3 Å². The van der Waals surface area contributed by atoms with Crippen LogP contribution in [-0.4, -0.2) is 43.9 Å². The van der Waals surface area contributed by atoms with Gasteiger partial charge in [0.15, 0.2) is 0 Å². The highest BCUT2D eigenvalue weighted by molar-refractivity contribution is 5.96. The molecule has 2 N–H and O–H groups in total. The lowest BCUT2D eigenvalue weighted by Crippen LogP contribution is -2.42. The second kappa shape index (κ2) is 5.88. The van der Waals surface area contributed by atoms with E-state index in [1.807, 2.05) is 0 Å². The number of hydrogen-bond donors (Lipinski definition) is 1. The fraction of sp³-hybridized carbons (Fsp3) is 0.538. The van der Waals surface area contributed by atoms with E-state index in [1.165, 1.54) is 7.11 Å². The zero-order valence-corrected chi connectivity index (χ0v) is 11.3. The topological polar surface area (TPSA) is 77.7 Å². The number of hydrogen-bond acceptors (Lipinski definition) is 6. The highest BCUT2D eigenvalue weighted by Gasteiger charge is 2.24. The number of anilines is 2. The van der Waals surface area contributed by atoms with Gasteiger partial charge in [-0.2, -0.15) is 0 Å². The zero-order valence-electron chi connectivity index (χ0n) is 11.3. The second-order valence-electron chi connectivity index (χ2n) is 4.46. The molecule has 0 aromatic carbocycles. The van der Waals surface area contributed by atoms with Crippen molar-refractivity contribution in [1.29, 1.82) is 0 Å². The molecule has 104 valence electrons. The van der Waals surface area contributed by atoms with Crippen LogP contribution in [0.3, 0.4) is 0 Å². The number of rotatable bonds is 3. The molecule has 2 rings (SSSR count). The molecule has 0 radical (unpaired) electrons. The van der Waals surface area contributed by atoms with Gasteiger partial charge in [-0.05, 0) is 12.5 Å². The number of nitrogen functional groups attached to an aromatic ring is 1. The quantitative estimate of drug-likeness (QED) is 0.824. The largest absolute Gasteiger partial charge is 0.465 e. The molecule has 1 unspecified atom stereocenters. The Kier molecular flexibility index (Phi) is 4.21. The van der Waals surface area contributed by atoms with Gasteiger partial charge in [0.1, 0.15) is 5.82 Å². The summed E-state index contributed by atoms with van der Waals surface area (Å²) in [4.78, 5) is 18.0. The van der Waals surface area contributed by atoms with Crippen LogP contribution in [-0.2, 0) is 9.47 Å². The lowest BCUT2D eigenvalue weighted by Gasteiger charge is -2.34. The second-order valence-corrected chi connectivity index (χ2v) is 4.46. The van der Waals surface area contributed by atoms with E-state index in [4.69, 9.17) is 15.2 Å². The van der Waals surface area contributed by atoms with E-state index in [0.717, 1.165) is 25.2 Å². The Morgan fingerprint density at radius 1 is 1.68 bits per heavy atom. The van der Waals surface area contributed by atoms with Crippen LogP contribution in [0.1, 0.15) is 23.7 Å². The standard InChI is InChI=1S/C13H19N3O3/c1-3-9-8-16(4-5-19-9)11-7-15-12(14)6-10(11)13(17)18-2/h6-7,9H,3-5,8H2,1-2H3,(H2,14,15). The van der Waals surface area contributed by atoms with Crippen LogP contribution < -0.4 is 10.6 Å². The molecule has 6 nitrogen and oxygen atoms in total. The molecule has 19 heavy (non-hydrogen) atoms. The van der Waals surface area contributed by atoms with Crippen LogP contribution in [0.5, 0.6) is 0 Å². The number of esters is 1. The van der Waals surface area contributed by atoms with E-state index in [0.29, 0.717) is 18.0 Å². The van der Waals surface area contributed by atoms with E-state index in [1.54, 1.807) is 12.3 Å². The fourth-order valence-corrected chi connectivity index (χ4v) is 2.17. The minimum absolute atomic E-state index is 0.178. The number of methoxy groups -OCH3 is 1. The average molecular weight is 265 g/mol. The van der Waals surface area contributed by atoms with Crippen molar-refractivity contribution in [3.05, 3.63) is 17.8 Å². The Balaban J connectivity index is 2.30. The molecule has 0 aliphatic carbocycles. The molecule has 1 aromatic rings. The van der Waals surface area contributed by atoms with E-state index in [9.17, 15) is 4.79 Å². The first-order chi connectivity index (χ1) is 9.15. The fourth-order valence-electron chi connectivity index (χ4n) is 2.17. The molecule has 6 heteroatoms. The summed E-state index contributed by atoms with van der Waals surface area (Å²) >= 11 is 0. The number of carbonyl (C=O) groups is 1. The Morgan fingerprint density at radius 3 is 3.16 bits per heavy atom. The maximum Gasteiger partial charge on any atom is 0.340 e. The normalized spacial score (nSPS) is 19.3. The first-order valence-corrected chi connectivity index (χ1v) is 6.36. The smallest absolute Gasteiger partial charge is 0.340 e. The summed E-state index contributed by atoms with van der Waals surface area (Å²) in [6, 6.07) is 1.55.